The highest BCUT2D eigenvalue weighted by molar-refractivity contribution is 9.10. The molecule has 0 bridgehead atoms. The molecule has 0 saturated heterocycles. The van der Waals surface area contributed by atoms with Crippen LogP contribution in [0.25, 0.3) is 11.1 Å². The Morgan fingerprint density at radius 2 is 1.75 bits per heavy atom. The van der Waals surface area contributed by atoms with Crippen LogP contribution < -0.4 is 0 Å². The first-order valence-electron chi connectivity index (χ1n) is 4.67. The van der Waals surface area contributed by atoms with E-state index in [1.807, 2.05) is 24.3 Å². The van der Waals surface area contributed by atoms with Crippen LogP contribution in [-0.2, 0) is 0 Å². The third-order valence-corrected chi connectivity index (χ3v) is 2.94. The number of halogens is 2. The van der Waals surface area contributed by atoms with Crippen LogP contribution in [0.5, 0.6) is 0 Å². The first-order valence-corrected chi connectivity index (χ1v) is 5.47. The van der Waals surface area contributed by atoms with Gasteiger partial charge in [-0.3, -0.25) is 0 Å². The normalized spacial score (nSPS) is 9.81. The van der Waals surface area contributed by atoms with Crippen LogP contribution in [0.2, 0.25) is 0 Å². The Kier molecular flexibility index (Phi) is 3.02. The van der Waals surface area contributed by atoms with Crippen molar-refractivity contribution >= 4 is 15.9 Å². The van der Waals surface area contributed by atoms with Gasteiger partial charge in [0.15, 0.2) is 0 Å². The molecule has 2 rings (SSSR count). The zero-order chi connectivity index (χ0) is 11.5. The Labute approximate surface area is 101 Å². The van der Waals surface area contributed by atoms with Crippen molar-refractivity contribution in [3.05, 3.63) is 58.3 Å². The van der Waals surface area contributed by atoms with E-state index in [0.29, 0.717) is 21.2 Å². The molecule has 0 N–H and O–H groups in total. The summed E-state index contributed by atoms with van der Waals surface area (Å²) in [5, 5.41) is 9.04. The maximum atomic E-state index is 13.7. The van der Waals surface area contributed by atoms with Gasteiger partial charge in [0, 0.05) is 10.0 Å². The van der Waals surface area contributed by atoms with Gasteiger partial charge in [0.05, 0.1) is 5.56 Å². The lowest BCUT2D eigenvalue weighted by molar-refractivity contribution is 0.630. The topological polar surface area (TPSA) is 23.8 Å². The van der Waals surface area contributed by atoms with Crippen molar-refractivity contribution in [2.45, 2.75) is 0 Å². The summed E-state index contributed by atoms with van der Waals surface area (Å²) in [4.78, 5) is 0. The summed E-state index contributed by atoms with van der Waals surface area (Å²) in [5.41, 5.74) is 1.38. The number of nitriles is 1. The van der Waals surface area contributed by atoms with Crippen molar-refractivity contribution in [3.8, 4) is 17.2 Å². The second-order valence-corrected chi connectivity index (χ2v) is 4.11. The molecule has 0 radical (unpaired) electrons. The molecule has 0 aliphatic heterocycles. The van der Waals surface area contributed by atoms with Gasteiger partial charge in [0.2, 0.25) is 0 Å². The average Bonchev–Trinajstić information content (AvgIpc) is 2.33. The second kappa shape index (κ2) is 4.46. The SMILES string of the molecule is N#Cc1c(Br)ccc(F)c1-c1ccccc1. The number of hydrogen-bond acceptors (Lipinski definition) is 1. The van der Waals surface area contributed by atoms with Crippen molar-refractivity contribution in [1.82, 2.24) is 0 Å². The number of nitrogens with zero attached hydrogens (tertiary/aromatic N) is 1. The average molecular weight is 276 g/mol. The van der Waals surface area contributed by atoms with E-state index in [2.05, 4.69) is 15.9 Å². The van der Waals surface area contributed by atoms with E-state index in [-0.39, 0.29) is 5.82 Å². The molecule has 0 aliphatic rings. The zero-order valence-corrected chi connectivity index (χ0v) is 9.83. The van der Waals surface area contributed by atoms with Gasteiger partial charge >= 0.3 is 0 Å². The van der Waals surface area contributed by atoms with Crippen LogP contribution in [0.3, 0.4) is 0 Å². The maximum Gasteiger partial charge on any atom is 0.132 e. The van der Waals surface area contributed by atoms with Crippen LogP contribution in [0.1, 0.15) is 5.56 Å². The molecule has 0 heterocycles. The Morgan fingerprint density at radius 1 is 1.06 bits per heavy atom. The molecule has 2 aromatic rings. The van der Waals surface area contributed by atoms with E-state index < -0.39 is 0 Å². The minimum Gasteiger partial charge on any atom is -0.206 e. The number of rotatable bonds is 1. The lowest BCUT2D eigenvalue weighted by Crippen LogP contribution is -1.90. The first-order chi connectivity index (χ1) is 7.74. The zero-order valence-electron chi connectivity index (χ0n) is 8.24. The number of benzene rings is 2. The lowest BCUT2D eigenvalue weighted by Gasteiger charge is -2.07. The van der Waals surface area contributed by atoms with Gasteiger partial charge in [0.1, 0.15) is 11.9 Å². The van der Waals surface area contributed by atoms with Gasteiger partial charge < -0.3 is 0 Å². The molecular formula is C13H7BrFN. The van der Waals surface area contributed by atoms with Crippen molar-refractivity contribution in [2.75, 3.05) is 0 Å². The van der Waals surface area contributed by atoms with E-state index in [0.717, 1.165) is 0 Å². The van der Waals surface area contributed by atoms with E-state index in [9.17, 15) is 4.39 Å². The van der Waals surface area contributed by atoms with Gasteiger partial charge in [-0.1, -0.05) is 30.3 Å². The highest BCUT2D eigenvalue weighted by Gasteiger charge is 2.13. The molecule has 1 nitrogen and oxygen atoms in total. The fourth-order valence-electron chi connectivity index (χ4n) is 1.55. The largest absolute Gasteiger partial charge is 0.206 e. The Balaban J connectivity index is 2.75. The summed E-state index contributed by atoms with van der Waals surface area (Å²) in [6.45, 7) is 0. The molecule has 0 spiro atoms. The Hall–Kier alpha value is -1.66. The highest BCUT2D eigenvalue weighted by Crippen LogP contribution is 2.31. The van der Waals surface area contributed by atoms with Crippen LogP contribution in [0.4, 0.5) is 4.39 Å². The fraction of sp³-hybridized carbons (Fsp3) is 0. The molecule has 0 unspecified atom stereocenters. The fourth-order valence-corrected chi connectivity index (χ4v) is 1.97. The van der Waals surface area contributed by atoms with Crippen LogP contribution in [-0.4, -0.2) is 0 Å². The molecule has 78 valence electrons. The monoisotopic (exact) mass is 275 g/mol. The Bertz CT molecular complexity index is 558. The summed E-state index contributed by atoms with van der Waals surface area (Å²) in [5.74, 6) is -0.383. The quantitative estimate of drug-likeness (QED) is 0.768. The summed E-state index contributed by atoms with van der Waals surface area (Å²) in [7, 11) is 0. The van der Waals surface area contributed by atoms with E-state index in [1.54, 1.807) is 18.2 Å². The second-order valence-electron chi connectivity index (χ2n) is 3.26. The van der Waals surface area contributed by atoms with Crippen molar-refractivity contribution < 1.29 is 4.39 Å². The van der Waals surface area contributed by atoms with Gasteiger partial charge in [0.25, 0.3) is 0 Å². The third kappa shape index (κ3) is 1.84. The van der Waals surface area contributed by atoms with Crippen molar-refractivity contribution in [3.63, 3.8) is 0 Å². The summed E-state index contributed by atoms with van der Waals surface area (Å²) in [6.07, 6.45) is 0. The molecule has 0 saturated carbocycles. The highest BCUT2D eigenvalue weighted by atomic mass is 79.9. The third-order valence-electron chi connectivity index (χ3n) is 2.28. The van der Waals surface area contributed by atoms with E-state index in [4.69, 9.17) is 5.26 Å². The summed E-state index contributed by atoms with van der Waals surface area (Å²) >= 11 is 3.25. The molecule has 0 aliphatic carbocycles. The molecule has 2 aromatic carbocycles. The molecule has 0 amide bonds. The molecule has 0 fully saturated rings. The molecule has 0 aromatic heterocycles. The predicted octanol–water partition coefficient (Wildman–Crippen LogP) is 4.13. The molecule has 3 heteroatoms. The standard InChI is InChI=1S/C13H7BrFN/c14-11-6-7-12(15)13(10(11)8-16)9-4-2-1-3-5-9/h1-7H. The number of hydrogen-bond donors (Lipinski definition) is 0. The lowest BCUT2D eigenvalue weighted by atomic mass is 10.00. The van der Waals surface area contributed by atoms with Crippen LogP contribution >= 0.6 is 15.9 Å². The van der Waals surface area contributed by atoms with Crippen molar-refractivity contribution in [2.24, 2.45) is 0 Å². The maximum absolute atomic E-state index is 13.7. The van der Waals surface area contributed by atoms with Crippen molar-refractivity contribution in [1.29, 1.82) is 5.26 Å². The van der Waals surface area contributed by atoms with E-state index >= 15 is 0 Å². The molecular weight excluding hydrogens is 269 g/mol. The van der Waals surface area contributed by atoms with E-state index in [1.165, 1.54) is 6.07 Å². The van der Waals surface area contributed by atoms with Crippen LogP contribution in [0.15, 0.2) is 46.9 Å². The summed E-state index contributed by atoms with van der Waals surface area (Å²) < 4.78 is 14.3. The van der Waals surface area contributed by atoms with Gasteiger partial charge in [-0.25, -0.2) is 4.39 Å². The minimum atomic E-state index is -0.383. The van der Waals surface area contributed by atoms with Crippen LogP contribution in [0, 0.1) is 17.1 Å². The predicted molar refractivity (Wildman–Crippen MR) is 64.3 cm³/mol. The first kappa shape index (κ1) is 10.8. The Morgan fingerprint density at radius 3 is 2.38 bits per heavy atom. The smallest absolute Gasteiger partial charge is 0.132 e. The summed E-state index contributed by atoms with van der Waals surface area (Å²) in [6, 6.07) is 14.0. The van der Waals surface area contributed by atoms with Gasteiger partial charge in [-0.15, -0.1) is 0 Å². The van der Waals surface area contributed by atoms with Gasteiger partial charge in [-0.05, 0) is 33.6 Å². The van der Waals surface area contributed by atoms with Gasteiger partial charge in [-0.2, -0.15) is 5.26 Å². The molecule has 16 heavy (non-hydrogen) atoms. The minimum absolute atomic E-state index is 0.325. The molecule has 0 atom stereocenters.